The zero-order valence-corrected chi connectivity index (χ0v) is 14.5. The highest BCUT2D eigenvalue weighted by molar-refractivity contribution is 7.17. The Morgan fingerprint density at radius 1 is 1.30 bits per heavy atom. The van der Waals surface area contributed by atoms with Gasteiger partial charge in [-0.05, 0) is 26.0 Å². The lowest BCUT2D eigenvalue weighted by Gasteiger charge is -2.08. The third kappa shape index (κ3) is 2.73. The lowest BCUT2D eigenvalue weighted by atomic mass is 10.2. The van der Waals surface area contributed by atoms with E-state index in [4.69, 9.17) is 23.2 Å². The zero-order valence-electron chi connectivity index (χ0n) is 12.2. The fourth-order valence-corrected chi connectivity index (χ4v) is 3.40. The maximum Gasteiger partial charge on any atom is 0.271 e. The van der Waals surface area contributed by atoms with Crippen LogP contribution in [0.3, 0.4) is 0 Å². The number of fused-ring (bicyclic) bond motifs is 1. The number of carbonyl (C=O) groups is 1. The number of carbonyl (C=O) groups excluding carboxylic acids is 1. The minimum Gasteiger partial charge on any atom is -0.320 e. The molecule has 0 saturated heterocycles. The number of anilines is 1. The maximum atomic E-state index is 12.6. The number of aryl methyl sites for hydroxylation is 2. The van der Waals surface area contributed by atoms with Gasteiger partial charge >= 0.3 is 0 Å². The Morgan fingerprint density at radius 3 is 2.78 bits per heavy atom. The van der Waals surface area contributed by atoms with Gasteiger partial charge in [-0.25, -0.2) is 4.98 Å². The molecule has 0 aliphatic rings. The van der Waals surface area contributed by atoms with E-state index in [0.717, 1.165) is 10.6 Å². The number of aromatic nitrogens is 2. The van der Waals surface area contributed by atoms with Crippen LogP contribution >= 0.6 is 34.5 Å². The summed E-state index contributed by atoms with van der Waals surface area (Å²) in [6, 6.07) is 4.87. The third-order valence-electron chi connectivity index (χ3n) is 3.46. The van der Waals surface area contributed by atoms with Crippen molar-refractivity contribution < 1.29 is 4.79 Å². The number of nitrogens with zero attached hydrogens (tertiary/aromatic N) is 2. The third-order valence-corrected chi connectivity index (χ3v) is 5.35. The summed E-state index contributed by atoms with van der Waals surface area (Å²) >= 11 is 13.4. The van der Waals surface area contributed by atoms with Crippen LogP contribution in [0.15, 0.2) is 29.2 Å². The topological polar surface area (TPSA) is 63.5 Å². The van der Waals surface area contributed by atoms with E-state index in [0.29, 0.717) is 15.7 Å². The van der Waals surface area contributed by atoms with Crippen molar-refractivity contribution in [3.8, 4) is 0 Å². The van der Waals surface area contributed by atoms with Crippen molar-refractivity contribution in [1.29, 1.82) is 0 Å². The molecule has 0 aliphatic carbocycles. The van der Waals surface area contributed by atoms with Crippen LogP contribution in [-0.4, -0.2) is 15.3 Å². The smallest absolute Gasteiger partial charge is 0.271 e. The van der Waals surface area contributed by atoms with Crippen LogP contribution in [0.4, 0.5) is 5.69 Å². The Kier molecular flexibility index (Phi) is 4.14. The summed E-state index contributed by atoms with van der Waals surface area (Å²) in [5.41, 5.74) is 0.650. The molecule has 3 aromatic rings. The molecule has 0 saturated carbocycles. The first-order valence-corrected chi connectivity index (χ1v) is 8.20. The molecule has 1 aromatic carbocycles. The van der Waals surface area contributed by atoms with Crippen molar-refractivity contribution in [3.63, 3.8) is 0 Å². The first kappa shape index (κ1) is 16.0. The SMILES string of the molecule is Cc1sc2ncc(C(=O)Nc3cccc(Cl)c3Cl)c(=O)n2c1C. The number of thiazole rings is 1. The average Bonchev–Trinajstić information content (AvgIpc) is 2.80. The van der Waals surface area contributed by atoms with E-state index >= 15 is 0 Å². The van der Waals surface area contributed by atoms with Gasteiger partial charge in [0, 0.05) is 16.8 Å². The van der Waals surface area contributed by atoms with E-state index in [2.05, 4.69) is 10.3 Å². The van der Waals surface area contributed by atoms with Gasteiger partial charge in [-0.3, -0.25) is 14.0 Å². The first-order chi connectivity index (χ1) is 10.9. The van der Waals surface area contributed by atoms with Gasteiger partial charge < -0.3 is 5.32 Å². The Balaban J connectivity index is 2.05. The van der Waals surface area contributed by atoms with Gasteiger partial charge in [0.2, 0.25) is 0 Å². The molecule has 8 heteroatoms. The predicted molar refractivity (Wildman–Crippen MR) is 93.2 cm³/mol. The van der Waals surface area contributed by atoms with Gasteiger partial charge in [0.1, 0.15) is 5.56 Å². The highest BCUT2D eigenvalue weighted by Gasteiger charge is 2.17. The summed E-state index contributed by atoms with van der Waals surface area (Å²) in [6.45, 7) is 3.72. The average molecular weight is 368 g/mol. The van der Waals surface area contributed by atoms with Crippen molar-refractivity contribution in [1.82, 2.24) is 9.38 Å². The van der Waals surface area contributed by atoms with Gasteiger partial charge in [-0.15, -0.1) is 11.3 Å². The van der Waals surface area contributed by atoms with Crippen LogP contribution in [0.5, 0.6) is 0 Å². The Hall–Kier alpha value is -1.89. The molecule has 2 heterocycles. The molecule has 0 radical (unpaired) electrons. The van der Waals surface area contributed by atoms with Crippen LogP contribution in [0, 0.1) is 13.8 Å². The number of amides is 1. The van der Waals surface area contributed by atoms with Crippen LogP contribution in [-0.2, 0) is 0 Å². The standard InChI is InChI=1S/C15H11Cl2N3O2S/c1-7-8(2)23-15-18-6-9(14(22)20(7)15)13(21)19-11-5-3-4-10(16)12(11)17/h3-6H,1-2H3,(H,19,21). The second-order valence-electron chi connectivity index (χ2n) is 4.89. The van der Waals surface area contributed by atoms with Gasteiger partial charge in [-0.2, -0.15) is 0 Å². The predicted octanol–water partition coefficient (Wildman–Crippen LogP) is 3.93. The van der Waals surface area contributed by atoms with Crippen molar-refractivity contribution in [3.05, 3.63) is 60.9 Å². The molecular weight excluding hydrogens is 357 g/mol. The van der Waals surface area contributed by atoms with Gasteiger partial charge in [-0.1, -0.05) is 29.3 Å². The number of rotatable bonds is 2. The fraction of sp³-hybridized carbons (Fsp3) is 0.133. The van der Waals surface area contributed by atoms with Crippen LogP contribution in [0.2, 0.25) is 10.0 Å². The van der Waals surface area contributed by atoms with Crippen molar-refractivity contribution in [2.24, 2.45) is 0 Å². The Labute approximate surface area is 145 Å². The Morgan fingerprint density at radius 2 is 2.04 bits per heavy atom. The Bertz CT molecular complexity index is 994. The van der Waals surface area contributed by atoms with Crippen LogP contribution in [0.1, 0.15) is 20.9 Å². The minimum atomic E-state index is -0.579. The molecule has 118 valence electrons. The largest absolute Gasteiger partial charge is 0.320 e. The molecule has 5 nitrogen and oxygen atoms in total. The summed E-state index contributed by atoms with van der Waals surface area (Å²) in [4.78, 5) is 30.7. The summed E-state index contributed by atoms with van der Waals surface area (Å²) in [5.74, 6) is -0.579. The second-order valence-corrected chi connectivity index (χ2v) is 6.86. The lowest BCUT2D eigenvalue weighted by Crippen LogP contribution is -2.26. The van der Waals surface area contributed by atoms with E-state index in [1.54, 1.807) is 18.2 Å². The molecule has 2 aromatic heterocycles. The van der Waals surface area contributed by atoms with Crippen molar-refractivity contribution in [2.75, 3.05) is 5.32 Å². The number of benzene rings is 1. The number of halogens is 2. The van der Waals surface area contributed by atoms with E-state index in [1.165, 1.54) is 21.9 Å². The van der Waals surface area contributed by atoms with Gasteiger partial charge in [0.15, 0.2) is 4.96 Å². The molecule has 0 spiro atoms. The maximum absolute atomic E-state index is 12.6. The molecule has 0 fully saturated rings. The first-order valence-electron chi connectivity index (χ1n) is 6.63. The highest BCUT2D eigenvalue weighted by atomic mass is 35.5. The quantitative estimate of drug-likeness (QED) is 0.746. The normalized spacial score (nSPS) is 11.0. The zero-order chi connectivity index (χ0) is 16.7. The molecule has 0 atom stereocenters. The highest BCUT2D eigenvalue weighted by Crippen LogP contribution is 2.29. The molecule has 3 rings (SSSR count). The van der Waals surface area contributed by atoms with Crippen molar-refractivity contribution >= 4 is 51.1 Å². The van der Waals surface area contributed by atoms with Gasteiger partial charge in [0.25, 0.3) is 11.5 Å². The van der Waals surface area contributed by atoms with E-state index < -0.39 is 11.5 Å². The minimum absolute atomic E-state index is 0.0561. The molecule has 1 amide bonds. The molecule has 1 N–H and O–H groups in total. The summed E-state index contributed by atoms with van der Waals surface area (Å²) in [6.07, 6.45) is 1.28. The van der Waals surface area contributed by atoms with Crippen LogP contribution < -0.4 is 10.9 Å². The molecule has 0 bridgehead atoms. The van der Waals surface area contributed by atoms with E-state index in [1.807, 2.05) is 13.8 Å². The van der Waals surface area contributed by atoms with Crippen LogP contribution in [0.25, 0.3) is 4.96 Å². The fourth-order valence-electron chi connectivity index (χ4n) is 2.12. The number of hydrogen-bond donors (Lipinski definition) is 1. The number of nitrogens with one attached hydrogen (secondary N) is 1. The van der Waals surface area contributed by atoms with E-state index in [-0.39, 0.29) is 10.6 Å². The molecule has 23 heavy (non-hydrogen) atoms. The molecular formula is C15H11Cl2N3O2S. The van der Waals surface area contributed by atoms with Gasteiger partial charge in [0.05, 0.1) is 15.7 Å². The second kappa shape index (κ2) is 5.96. The molecule has 0 unspecified atom stereocenters. The summed E-state index contributed by atoms with van der Waals surface area (Å²) in [7, 11) is 0. The van der Waals surface area contributed by atoms with E-state index in [9.17, 15) is 9.59 Å². The number of hydrogen-bond acceptors (Lipinski definition) is 4. The van der Waals surface area contributed by atoms with Crippen molar-refractivity contribution in [2.45, 2.75) is 13.8 Å². The summed E-state index contributed by atoms with van der Waals surface area (Å²) in [5, 5.41) is 3.13. The monoisotopic (exact) mass is 367 g/mol. The lowest BCUT2D eigenvalue weighted by molar-refractivity contribution is 0.102. The molecule has 0 aliphatic heterocycles. The summed E-state index contributed by atoms with van der Waals surface area (Å²) < 4.78 is 1.44.